The molecule has 25 heavy (non-hydrogen) atoms. The van der Waals surface area contributed by atoms with Crippen molar-refractivity contribution < 1.29 is 18.4 Å². The van der Waals surface area contributed by atoms with Crippen molar-refractivity contribution >= 4 is 22.6 Å². The van der Waals surface area contributed by atoms with E-state index in [9.17, 15) is 4.79 Å². The van der Waals surface area contributed by atoms with E-state index in [4.69, 9.17) is 13.6 Å². The molecule has 0 atom stereocenters. The molecule has 0 aliphatic carbocycles. The van der Waals surface area contributed by atoms with Crippen LogP contribution in [0.1, 0.15) is 54.9 Å². The SMILES string of the molecule is CCOC(=O)CC(CO[Si](C)(C)C(C)(C)C)CO[Si](C)(C)C(C)(C)C. The lowest BCUT2D eigenvalue weighted by atomic mass is 10.1. The molecule has 0 rings (SSSR count). The summed E-state index contributed by atoms with van der Waals surface area (Å²) >= 11 is 0. The van der Waals surface area contributed by atoms with Gasteiger partial charge in [-0.15, -0.1) is 0 Å². The van der Waals surface area contributed by atoms with Crippen LogP contribution in [0.2, 0.25) is 36.3 Å². The van der Waals surface area contributed by atoms with Gasteiger partial charge in [-0.25, -0.2) is 0 Å². The molecule has 0 fully saturated rings. The quantitative estimate of drug-likeness (QED) is 0.380. The summed E-state index contributed by atoms with van der Waals surface area (Å²) in [6, 6.07) is 0. The fourth-order valence-corrected chi connectivity index (χ4v) is 3.88. The first-order valence-corrected chi connectivity index (χ1v) is 15.3. The Morgan fingerprint density at radius 1 is 0.840 bits per heavy atom. The second-order valence-electron chi connectivity index (χ2n) is 10.0. The Bertz CT molecular complexity index is 390. The van der Waals surface area contributed by atoms with Gasteiger partial charge in [0.25, 0.3) is 0 Å². The van der Waals surface area contributed by atoms with E-state index in [0.29, 0.717) is 26.2 Å². The summed E-state index contributed by atoms with van der Waals surface area (Å²) in [5.74, 6) is -0.118. The molecule has 0 unspecified atom stereocenters. The maximum atomic E-state index is 12.0. The molecule has 0 amide bonds. The number of carbonyl (C=O) groups excluding carboxylic acids is 1. The van der Waals surface area contributed by atoms with Crippen LogP contribution in [-0.2, 0) is 18.4 Å². The van der Waals surface area contributed by atoms with Crippen molar-refractivity contribution in [3.05, 3.63) is 0 Å². The lowest BCUT2D eigenvalue weighted by Crippen LogP contribution is -2.44. The number of esters is 1. The fraction of sp³-hybridized carbons (Fsp3) is 0.947. The van der Waals surface area contributed by atoms with E-state index in [-0.39, 0.29) is 22.0 Å². The summed E-state index contributed by atoms with van der Waals surface area (Å²) in [4.78, 5) is 12.0. The Morgan fingerprint density at radius 2 is 1.20 bits per heavy atom. The minimum Gasteiger partial charge on any atom is -0.466 e. The smallest absolute Gasteiger partial charge is 0.306 e. The molecule has 0 aromatic heterocycles. The summed E-state index contributed by atoms with van der Waals surface area (Å²) < 4.78 is 17.8. The highest BCUT2D eigenvalue weighted by Gasteiger charge is 2.39. The van der Waals surface area contributed by atoms with Gasteiger partial charge in [-0.3, -0.25) is 4.79 Å². The van der Waals surface area contributed by atoms with Gasteiger partial charge in [-0.05, 0) is 43.2 Å². The van der Waals surface area contributed by atoms with Crippen LogP contribution in [0.25, 0.3) is 0 Å². The predicted molar refractivity (Wildman–Crippen MR) is 111 cm³/mol. The van der Waals surface area contributed by atoms with Gasteiger partial charge < -0.3 is 13.6 Å². The molecule has 0 radical (unpaired) electrons. The van der Waals surface area contributed by atoms with Crippen LogP contribution in [0.4, 0.5) is 0 Å². The van der Waals surface area contributed by atoms with E-state index < -0.39 is 16.6 Å². The molecule has 0 heterocycles. The van der Waals surface area contributed by atoms with E-state index >= 15 is 0 Å². The Balaban J connectivity index is 4.97. The monoisotopic (exact) mass is 390 g/mol. The van der Waals surface area contributed by atoms with Gasteiger partial charge in [-0.2, -0.15) is 0 Å². The van der Waals surface area contributed by atoms with E-state index in [0.717, 1.165) is 0 Å². The summed E-state index contributed by atoms with van der Waals surface area (Å²) in [6.07, 6.45) is 0.358. The van der Waals surface area contributed by atoms with Gasteiger partial charge in [0.2, 0.25) is 0 Å². The van der Waals surface area contributed by atoms with Crippen LogP contribution in [-0.4, -0.2) is 42.4 Å². The van der Waals surface area contributed by atoms with Gasteiger partial charge in [0, 0.05) is 19.1 Å². The van der Waals surface area contributed by atoms with E-state index in [2.05, 4.69) is 67.7 Å². The molecular weight excluding hydrogens is 348 g/mol. The van der Waals surface area contributed by atoms with E-state index in [1.807, 2.05) is 6.92 Å². The van der Waals surface area contributed by atoms with Crippen LogP contribution >= 0.6 is 0 Å². The molecule has 0 aromatic carbocycles. The van der Waals surface area contributed by atoms with Gasteiger partial charge in [0.15, 0.2) is 16.6 Å². The number of ether oxygens (including phenoxy) is 1. The van der Waals surface area contributed by atoms with Crippen molar-refractivity contribution in [2.24, 2.45) is 5.92 Å². The second kappa shape index (κ2) is 9.15. The number of hydrogen-bond donors (Lipinski definition) is 0. The topological polar surface area (TPSA) is 44.8 Å². The summed E-state index contributed by atoms with van der Waals surface area (Å²) in [5.41, 5.74) is 0. The van der Waals surface area contributed by atoms with Crippen LogP contribution < -0.4 is 0 Å². The zero-order chi connectivity index (χ0) is 20.1. The van der Waals surface area contributed by atoms with Crippen molar-refractivity contribution in [2.75, 3.05) is 19.8 Å². The molecule has 4 nitrogen and oxygen atoms in total. The molecule has 0 aromatic rings. The molecule has 0 bridgehead atoms. The Hall–Kier alpha value is -0.176. The molecule has 6 heteroatoms. The lowest BCUT2D eigenvalue weighted by molar-refractivity contribution is -0.144. The Kier molecular flexibility index (Phi) is 9.09. The van der Waals surface area contributed by atoms with Crippen molar-refractivity contribution in [3.63, 3.8) is 0 Å². The maximum absolute atomic E-state index is 12.0. The number of rotatable bonds is 9. The molecule has 0 saturated carbocycles. The summed E-state index contributed by atoms with van der Waals surface area (Å²) in [6.45, 7) is 25.7. The Labute approximate surface area is 158 Å². The average Bonchev–Trinajstić information content (AvgIpc) is 2.39. The highest BCUT2D eigenvalue weighted by atomic mass is 28.4. The summed E-state index contributed by atoms with van der Waals surface area (Å²) in [7, 11) is -3.69. The minimum atomic E-state index is -1.85. The van der Waals surface area contributed by atoms with Crippen molar-refractivity contribution in [3.8, 4) is 0 Å². The van der Waals surface area contributed by atoms with Crippen LogP contribution in [0.3, 0.4) is 0 Å². The van der Waals surface area contributed by atoms with Crippen molar-refractivity contribution in [2.45, 2.75) is 91.2 Å². The lowest BCUT2D eigenvalue weighted by Gasteiger charge is -2.39. The molecule has 0 aliphatic rings. The second-order valence-corrected chi connectivity index (χ2v) is 19.6. The molecule has 0 saturated heterocycles. The van der Waals surface area contributed by atoms with Gasteiger partial charge >= 0.3 is 5.97 Å². The van der Waals surface area contributed by atoms with E-state index in [1.54, 1.807) is 0 Å². The Morgan fingerprint density at radius 3 is 1.48 bits per heavy atom. The molecular formula is C19H42O4Si2. The largest absolute Gasteiger partial charge is 0.466 e. The van der Waals surface area contributed by atoms with Gasteiger partial charge in [-0.1, -0.05) is 41.5 Å². The standard InChI is InChI=1S/C19H42O4Si2/c1-12-21-17(20)13-16(14-22-24(8,9)18(2,3)4)15-23-25(10,11)19(5,6)7/h16H,12-15H2,1-11H3. The van der Waals surface area contributed by atoms with Crippen LogP contribution in [0, 0.1) is 5.92 Å². The molecule has 0 N–H and O–H groups in total. The zero-order valence-corrected chi connectivity index (χ0v) is 20.5. The third kappa shape index (κ3) is 8.37. The van der Waals surface area contributed by atoms with Crippen LogP contribution in [0.5, 0.6) is 0 Å². The van der Waals surface area contributed by atoms with Crippen LogP contribution in [0.15, 0.2) is 0 Å². The highest BCUT2D eigenvalue weighted by Crippen LogP contribution is 2.38. The highest BCUT2D eigenvalue weighted by molar-refractivity contribution is 6.74. The molecule has 150 valence electrons. The van der Waals surface area contributed by atoms with E-state index in [1.165, 1.54) is 0 Å². The first-order valence-electron chi connectivity index (χ1n) is 9.47. The minimum absolute atomic E-state index is 0.0438. The average molecular weight is 391 g/mol. The normalized spacial score (nSPS) is 14.1. The summed E-state index contributed by atoms with van der Waals surface area (Å²) in [5, 5.41) is 0.309. The first kappa shape index (κ1) is 24.8. The van der Waals surface area contributed by atoms with Gasteiger partial charge in [0.1, 0.15) is 0 Å². The molecule has 0 aliphatic heterocycles. The number of hydrogen-bond acceptors (Lipinski definition) is 4. The van der Waals surface area contributed by atoms with Gasteiger partial charge in [0.05, 0.1) is 13.0 Å². The van der Waals surface area contributed by atoms with Crippen molar-refractivity contribution in [1.29, 1.82) is 0 Å². The van der Waals surface area contributed by atoms with Crippen molar-refractivity contribution in [1.82, 2.24) is 0 Å². The molecule has 0 spiro atoms. The number of carbonyl (C=O) groups is 1. The first-order chi connectivity index (χ1) is 11.0. The maximum Gasteiger partial charge on any atom is 0.306 e. The predicted octanol–water partition coefficient (Wildman–Crippen LogP) is 5.60. The third-order valence-corrected chi connectivity index (χ3v) is 14.7. The fourth-order valence-electron chi connectivity index (χ4n) is 1.71. The third-order valence-electron chi connectivity index (χ3n) is 5.73. The zero-order valence-electron chi connectivity index (χ0n) is 18.5.